The van der Waals surface area contributed by atoms with Gasteiger partial charge in [0.2, 0.25) is 0 Å². The van der Waals surface area contributed by atoms with Gasteiger partial charge in [0.05, 0.1) is 11.7 Å². The van der Waals surface area contributed by atoms with E-state index in [4.69, 9.17) is 4.74 Å². The average Bonchev–Trinajstić information content (AvgIpc) is 2.61. The normalized spacial score (nSPS) is 24.9. The zero-order valence-electron chi connectivity index (χ0n) is 11.7. The van der Waals surface area contributed by atoms with E-state index in [0.717, 1.165) is 6.54 Å². The summed E-state index contributed by atoms with van der Waals surface area (Å²) in [6.07, 6.45) is 6.42. The van der Waals surface area contributed by atoms with Gasteiger partial charge in [-0.2, -0.15) is 0 Å². The van der Waals surface area contributed by atoms with Crippen molar-refractivity contribution in [3.8, 4) is 0 Å². The molecule has 0 amide bonds. The molecule has 0 aromatic heterocycles. The molecule has 2 nitrogen and oxygen atoms in total. The second kappa shape index (κ2) is 5.50. The molecule has 0 aliphatic carbocycles. The van der Waals surface area contributed by atoms with E-state index in [1.165, 1.54) is 32.1 Å². The fraction of sp³-hybridized carbons (Fsp3) is 1.00. The van der Waals surface area contributed by atoms with Crippen molar-refractivity contribution in [3.05, 3.63) is 0 Å². The highest BCUT2D eigenvalue weighted by atomic mass is 16.5. The Hall–Kier alpha value is -0.0800. The van der Waals surface area contributed by atoms with Crippen LogP contribution in [0.1, 0.15) is 66.7 Å². The van der Waals surface area contributed by atoms with Gasteiger partial charge in [-0.15, -0.1) is 0 Å². The topological polar surface area (TPSA) is 21.3 Å². The number of hydrogen-bond acceptors (Lipinski definition) is 2. The predicted octanol–water partition coefficient (Wildman–Crippen LogP) is 3.50. The molecule has 1 atom stereocenters. The van der Waals surface area contributed by atoms with Crippen LogP contribution in [0.3, 0.4) is 0 Å². The highest BCUT2D eigenvalue weighted by Gasteiger charge is 2.33. The van der Waals surface area contributed by atoms with Crippen LogP contribution in [0.5, 0.6) is 0 Å². The summed E-state index contributed by atoms with van der Waals surface area (Å²) in [5, 5.41) is 3.74. The van der Waals surface area contributed by atoms with Gasteiger partial charge >= 0.3 is 0 Å². The van der Waals surface area contributed by atoms with Gasteiger partial charge in [-0.1, -0.05) is 20.8 Å². The Morgan fingerprint density at radius 1 is 1.19 bits per heavy atom. The molecule has 1 fully saturated rings. The molecule has 1 unspecified atom stereocenters. The quantitative estimate of drug-likeness (QED) is 0.750. The second-order valence-corrected chi connectivity index (χ2v) is 5.76. The Morgan fingerprint density at radius 2 is 1.75 bits per heavy atom. The Balaban J connectivity index is 2.39. The fourth-order valence-electron chi connectivity index (χ4n) is 2.68. The van der Waals surface area contributed by atoms with Crippen LogP contribution in [-0.2, 0) is 4.74 Å². The highest BCUT2D eigenvalue weighted by molar-refractivity contribution is 4.88. The van der Waals surface area contributed by atoms with E-state index in [1.807, 2.05) is 0 Å². The van der Waals surface area contributed by atoms with Gasteiger partial charge in [0.15, 0.2) is 0 Å². The van der Waals surface area contributed by atoms with E-state index in [1.54, 1.807) is 0 Å². The van der Waals surface area contributed by atoms with Crippen molar-refractivity contribution in [2.75, 3.05) is 6.54 Å². The molecule has 0 saturated carbocycles. The van der Waals surface area contributed by atoms with Gasteiger partial charge in [0.25, 0.3) is 0 Å². The third-order valence-electron chi connectivity index (χ3n) is 4.29. The average molecular weight is 227 g/mol. The summed E-state index contributed by atoms with van der Waals surface area (Å²) in [6, 6.07) is 0. The van der Waals surface area contributed by atoms with E-state index >= 15 is 0 Å². The maximum absolute atomic E-state index is 6.02. The zero-order valence-corrected chi connectivity index (χ0v) is 11.7. The summed E-state index contributed by atoms with van der Waals surface area (Å²) in [5.74, 6) is 0. The lowest BCUT2D eigenvalue weighted by Gasteiger charge is -2.33. The van der Waals surface area contributed by atoms with Crippen LogP contribution in [0.4, 0.5) is 0 Å². The smallest absolute Gasteiger partial charge is 0.0708 e. The Kier molecular flexibility index (Phi) is 4.81. The molecule has 0 spiro atoms. The first-order chi connectivity index (χ1) is 7.47. The van der Waals surface area contributed by atoms with Gasteiger partial charge in [0, 0.05) is 12.1 Å². The van der Waals surface area contributed by atoms with Crippen LogP contribution in [0.25, 0.3) is 0 Å². The van der Waals surface area contributed by atoms with E-state index in [-0.39, 0.29) is 5.60 Å². The first-order valence-corrected chi connectivity index (χ1v) is 6.90. The molecule has 1 aliphatic heterocycles. The van der Waals surface area contributed by atoms with Gasteiger partial charge in [0.1, 0.15) is 0 Å². The lowest BCUT2D eigenvalue weighted by molar-refractivity contribution is -0.0176. The molecule has 0 aromatic carbocycles. The second-order valence-electron chi connectivity index (χ2n) is 5.76. The summed E-state index contributed by atoms with van der Waals surface area (Å²) >= 11 is 0. The molecule has 1 heterocycles. The summed E-state index contributed by atoms with van der Waals surface area (Å²) in [4.78, 5) is 0. The molecular formula is C14H29NO. The van der Waals surface area contributed by atoms with E-state index in [2.05, 4.69) is 39.9 Å². The molecule has 1 aliphatic rings. The Bertz CT molecular complexity index is 201. The lowest BCUT2D eigenvalue weighted by Crippen LogP contribution is -2.47. The molecule has 0 bridgehead atoms. The highest BCUT2D eigenvalue weighted by Crippen LogP contribution is 2.29. The Morgan fingerprint density at radius 3 is 2.12 bits per heavy atom. The number of nitrogens with one attached hydrogen (secondary N) is 1. The summed E-state index contributed by atoms with van der Waals surface area (Å²) in [5.41, 5.74) is 0.426. The number of ether oxygens (including phenoxy) is 1. The number of hydrogen-bond donors (Lipinski definition) is 1. The van der Waals surface area contributed by atoms with Crippen LogP contribution in [-0.4, -0.2) is 23.8 Å². The third-order valence-corrected chi connectivity index (χ3v) is 4.29. The minimum atomic E-state index is 0.0969. The van der Waals surface area contributed by atoms with E-state index in [9.17, 15) is 0 Å². The standard InChI is InChI=1S/C14H29NO/c1-6-14(7-2,8-3)15-11-12-9-10-13(4,5)16-12/h12,15H,6-11H2,1-5H3. The molecule has 0 radical (unpaired) electrons. The molecule has 2 heteroatoms. The molecule has 1 N–H and O–H groups in total. The maximum Gasteiger partial charge on any atom is 0.0708 e. The van der Waals surface area contributed by atoms with Crippen LogP contribution < -0.4 is 5.32 Å². The van der Waals surface area contributed by atoms with Crippen molar-refractivity contribution in [1.82, 2.24) is 5.32 Å². The molecular weight excluding hydrogens is 198 g/mol. The first-order valence-electron chi connectivity index (χ1n) is 6.90. The third kappa shape index (κ3) is 3.46. The SMILES string of the molecule is CCC(CC)(CC)NCC1CCC(C)(C)O1. The Labute approximate surface area is 101 Å². The van der Waals surface area contributed by atoms with Gasteiger partial charge in [-0.05, 0) is 46.0 Å². The maximum atomic E-state index is 6.02. The minimum Gasteiger partial charge on any atom is -0.371 e. The summed E-state index contributed by atoms with van der Waals surface area (Å²) < 4.78 is 6.02. The van der Waals surface area contributed by atoms with Crippen LogP contribution in [0.2, 0.25) is 0 Å². The summed E-state index contributed by atoms with van der Waals surface area (Å²) in [6.45, 7) is 12.2. The summed E-state index contributed by atoms with van der Waals surface area (Å²) in [7, 11) is 0. The molecule has 1 rings (SSSR count). The van der Waals surface area contributed by atoms with Crippen LogP contribution in [0, 0.1) is 0 Å². The van der Waals surface area contributed by atoms with E-state index in [0.29, 0.717) is 11.6 Å². The first kappa shape index (κ1) is 14.0. The molecule has 0 aromatic rings. The van der Waals surface area contributed by atoms with Gasteiger partial charge in [-0.25, -0.2) is 0 Å². The van der Waals surface area contributed by atoms with Crippen molar-refractivity contribution in [1.29, 1.82) is 0 Å². The van der Waals surface area contributed by atoms with Crippen molar-refractivity contribution < 1.29 is 4.74 Å². The largest absolute Gasteiger partial charge is 0.371 e. The minimum absolute atomic E-state index is 0.0969. The van der Waals surface area contributed by atoms with Crippen LogP contribution >= 0.6 is 0 Å². The molecule has 1 saturated heterocycles. The number of rotatable bonds is 6. The predicted molar refractivity (Wildman–Crippen MR) is 69.8 cm³/mol. The zero-order chi connectivity index (χ0) is 12.2. The molecule has 96 valence electrons. The monoisotopic (exact) mass is 227 g/mol. The van der Waals surface area contributed by atoms with E-state index < -0.39 is 0 Å². The molecule has 16 heavy (non-hydrogen) atoms. The van der Waals surface area contributed by atoms with Crippen molar-refractivity contribution in [3.63, 3.8) is 0 Å². The lowest BCUT2D eigenvalue weighted by atomic mass is 9.89. The van der Waals surface area contributed by atoms with Crippen molar-refractivity contribution >= 4 is 0 Å². The van der Waals surface area contributed by atoms with Crippen molar-refractivity contribution in [2.24, 2.45) is 0 Å². The van der Waals surface area contributed by atoms with Gasteiger partial charge < -0.3 is 10.1 Å². The van der Waals surface area contributed by atoms with Crippen LogP contribution in [0.15, 0.2) is 0 Å². The van der Waals surface area contributed by atoms with Gasteiger partial charge in [-0.3, -0.25) is 0 Å². The fourth-order valence-corrected chi connectivity index (χ4v) is 2.68. The van der Waals surface area contributed by atoms with Crippen molar-refractivity contribution in [2.45, 2.75) is 84.0 Å².